The van der Waals surface area contributed by atoms with E-state index in [4.69, 9.17) is 0 Å². The van der Waals surface area contributed by atoms with Crippen molar-refractivity contribution in [3.05, 3.63) is 66.2 Å². The van der Waals surface area contributed by atoms with Gasteiger partial charge in [0.25, 0.3) is 5.91 Å². The molecule has 2 amide bonds. The highest BCUT2D eigenvalue weighted by atomic mass is 19.4. The van der Waals surface area contributed by atoms with Crippen LogP contribution in [0.25, 0.3) is 0 Å². The summed E-state index contributed by atoms with van der Waals surface area (Å²) in [6, 6.07) is 18.0. The van der Waals surface area contributed by atoms with Crippen LogP contribution in [0.15, 0.2) is 60.7 Å². The van der Waals surface area contributed by atoms with E-state index in [0.29, 0.717) is 31.7 Å². The van der Waals surface area contributed by atoms with E-state index in [9.17, 15) is 37.9 Å². The number of hydroxylamine groups is 2. The largest absolute Gasteiger partial charge is 0.493 e. The number of benzene rings is 2. The first-order valence-corrected chi connectivity index (χ1v) is 12.2. The summed E-state index contributed by atoms with van der Waals surface area (Å²) in [7, 11) is 0. The zero-order valence-electron chi connectivity index (χ0n) is 20.4. The molecule has 2 aliphatic rings. The average Bonchev–Trinajstić information content (AvgIpc) is 2.92. The fourth-order valence-electron chi connectivity index (χ4n) is 5.14. The van der Waals surface area contributed by atoms with Gasteiger partial charge in [-0.05, 0) is 42.2 Å². The SMILES string of the molecule is O=C([C@H]1CC[C@](O)(c2ccccc2)C[C@@H]1C(=O)N(O)OC(=O)C(F)(F)F)N1CCN(c2ccccc2)CC1. The molecule has 204 valence electrons. The van der Waals surface area contributed by atoms with Gasteiger partial charge in [-0.25, -0.2) is 4.79 Å². The molecule has 1 saturated heterocycles. The molecule has 0 radical (unpaired) electrons. The van der Waals surface area contributed by atoms with Crippen LogP contribution in [0.5, 0.6) is 0 Å². The number of alkyl halides is 3. The number of hydrogen-bond donors (Lipinski definition) is 2. The third-order valence-electron chi connectivity index (χ3n) is 7.16. The van der Waals surface area contributed by atoms with Gasteiger partial charge in [0, 0.05) is 31.9 Å². The second kappa shape index (κ2) is 11.0. The van der Waals surface area contributed by atoms with Crippen LogP contribution in [0, 0.1) is 11.8 Å². The summed E-state index contributed by atoms with van der Waals surface area (Å²) < 4.78 is 37.9. The minimum atomic E-state index is -5.45. The summed E-state index contributed by atoms with van der Waals surface area (Å²) in [4.78, 5) is 45.3. The number of piperazine rings is 1. The zero-order valence-corrected chi connectivity index (χ0v) is 20.4. The minimum absolute atomic E-state index is 0.0284. The highest BCUT2D eigenvalue weighted by Gasteiger charge is 2.50. The molecule has 2 fully saturated rings. The lowest BCUT2D eigenvalue weighted by Gasteiger charge is -2.43. The first-order chi connectivity index (χ1) is 18.0. The summed E-state index contributed by atoms with van der Waals surface area (Å²) in [6.07, 6.45) is -5.68. The molecule has 9 nitrogen and oxygen atoms in total. The number of para-hydroxylation sites is 1. The molecule has 2 aromatic rings. The summed E-state index contributed by atoms with van der Waals surface area (Å²) in [5, 5.41) is 20.5. The standard InChI is InChI=1S/C26H28F3N3O6/c27-26(28,29)24(35)38-32(37)23(34)21-17-25(36,18-7-3-1-4-8-18)12-11-20(21)22(33)31-15-13-30(14-16-31)19-9-5-2-6-10-19/h1-10,20-21,36-37H,11-17H2/t20-,21-,25+/m0/s1. The Hall–Kier alpha value is -3.64. The van der Waals surface area contributed by atoms with E-state index < -0.39 is 46.6 Å². The van der Waals surface area contributed by atoms with Crippen LogP contribution in [0.3, 0.4) is 0 Å². The lowest BCUT2D eigenvalue weighted by molar-refractivity contribution is -0.318. The predicted molar refractivity (Wildman–Crippen MR) is 127 cm³/mol. The molecule has 3 atom stereocenters. The van der Waals surface area contributed by atoms with Gasteiger partial charge in [-0.2, -0.15) is 13.2 Å². The molecule has 2 N–H and O–H groups in total. The van der Waals surface area contributed by atoms with Crippen molar-refractivity contribution in [1.82, 2.24) is 10.1 Å². The molecule has 1 aliphatic carbocycles. The molecule has 1 heterocycles. The zero-order chi connectivity index (χ0) is 27.5. The van der Waals surface area contributed by atoms with Gasteiger partial charge in [0.05, 0.1) is 17.4 Å². The van der Waals surface area contributed by atoms with Crippen molar-refractivity contribution in [3.8, 4) is 0 Å². The van der Waals surface area contributed by atoms with Crippen LogP contribution in [0.2, 0.25) is 0 Å². The summed E-state index contributed by atoms with van der Waals surface area (Å²) >= 11 is 0. The van der Waals surface area contributed by atoms with Crippen LogP contribution in [-0.2, 0) is 24.8 Å². The molecule has 0 unspecified atom stereocenters. The van der Waals surface area contributed by atoms with Gasteiger partial charge in [0.2, 0.25) is 5.91 Å². The van der Waals surface area contributed by atoms with Gasteiger partial charge in [-0.1, -0.05) is 48.5 Å². The molecule has 12 heteroatoms. The highest BCUT2D eigenvalue weighted by Crippen LogP contribution is 2.44. The minimum Gasteiger partial charge on any atom is -0.385 e. The fraction of sp³-hybridized carbons (Fsp3) is 0.423. The van der Waals surface area contributed by atoms with E-state index in [-0.39, 0.29) is 19.3 Å². The summed E-state index contributed by atoms with van der Waals surface area (Å²) in [5.74, 6) is -7.12. The molecule has 2 aromatic carbocycles. The smallest absolute Gasteiger partial charge is 0.385 e. The summed E-state index contributed by atoms with van der Waals surface area (Å²) in [5.41, 5.74) is -0.128. The van der Waals surface area contributed by atoms with Gasteiger partial charge < -0.3 is 19.7 Å². The molecule has 0 bridgehead atoms. The third kappa shape index (κ3) is 5.91. The summed E-state index contributed by atoms with van der Waals surface area (Å²) in [6.45, 7) is 1.76. The number of carbonyl (C=O) groups is 3. The Morgan fingerprint density at radius 1 is 0.921 bits per heavy atom. The van der Waals surface area contributed by atoms with Gasteiger partial charge in [0.1, 0.15) is 0 Å². The molecule has 0 aromatic heterocycles. The monoisotopic (exact) mass is 535 g/mol. The maximum Gasteiger partial charge on any atom is 0.493 e. The molecule has 1 saturated carbocycles. The maximum atomic E-state index is 13.5. The first-order valence-electron chi connectivity index (χ1n) is 12.2. The normalized spacial score (nSPS) is 24.0. The quantitative estimate of drug-likeness (QED) is 0.458. The number of nitrogens with zero attached hydrogens (tertiary/aromatic N) is 3. The van der Waals surface area contributed by atoms with E-state index in [0.717, 1.165) is 5.69 Å². The third-order valence-corrected chi connectivity index (χ3v) is 7.16. The van der Waals surface area contributed by atoms with E-state index in [2.05, 4.69) is 9.74 Å². The Bertz CT molecular complexity index is 1140. The molecular weight excluding hydrogens is 507 g/mol. The van der Waals surface area contributed by atoms with Crippen molar-refractivity contribution in [2.75, 3.05) is 31.1 Å². The number of anilines is 1. The van der Waals surface area contributed by atoms with Gasteiger partial charge >= 0.3 is 12.1 Å². The van der Waals surface area contributed by atoms with E-state index >= 15 is 0 Å². The van der Waals surface area contributed by atoms with E-state index in [1.807, 2.05) is 30.3 Å². The lowest BCUT2D eigenvalue weighted by atomic mass is 9.68. The van der Waals surface area contributed by atoms with Crippen molar-refractivity contribution in [3.63, 3.8) is 0 Å². The van der Waals surface area contributed by atoms with Gasteiger partial charge in [0.15, 0.2) is 0 Å². The molecule has 0 spiro atoms. The number of halogens is 3. The van der Waals surface area contributed by atoms with Crippen LogP contribution >= 0.6 is 0 Å². The highest BCUT2D eigenvalue weighted by molar-refractivity contribution is 5.88. The van der Waals surface area contributed by atoms with Crippen molar-refractivity contribution in [2.24, 2.45) is 11.8 Å². The Labute approximate surface area is 216 Å². The van der Waals surface area contributed by atoms with Crippen LogP contribution in [0.1, 0.15) is 24.8 Å². The topological polar surface area (TPSA) is 111 Å². The Balaban J connectivity index is 1.52. The Morgan fingerprint density at radius 2 is 1.50 bits per heavy atom. The molecular formula is C26H28F3N3O6. The fourth-order valence-corrected chi connectivity index (χ4v) is 5.14. The van der Waals surface area contributed by atoms with Gasteiger partial charge in [-0.15, -0.1) is 0 Å². The predicted octanol–water partition coefficient (Wildman–Crippen LogP) is 2.88. The van der Waals surface area contributed by atoms with Crippen molar-refractivity contribution in [2.45, 2.75) is 31.0 Å². The maximum absolute atomic E-state index is 13.5. The Kier molecular flexibility index (Phi) is 7.93. The van der Waals surface area contributed by atoms with Crippen molar-refractivity contribution >= 4 is 23.5 Å². The number of carbonyl (C=O) groups excluding carboxylic acids is 3. The first kappa shape index (κ1) is 27.4. The van der Waals surface area contributed by atoms with Gasteiger partial charge in [-0.3, -0.25) is 14.8 Å². The van der Waals surface area contributed by atoms with E-state index in [1.165, 1.54) is 0 Å². The van der Waals surface area contributed by atoms with Crippen LogP contribution < -0.4 is 4.90 Å². The van der Waals surface area contributed by atoms with Crippen LogP contribution in [0.4, 0.5) is 18.9 Å². The molecule has 38 heavy (non-hydrogen) atoms. The lowest BCUT2D eigenvalue weighted by Crippen LogP contribution is -2.55. The number of hydrogen-bond acceptors (Lipinski definition) is 7. The second-order valence-corrected chi connectivity index (χ2v) is 9.49. The second-order valence-electron chi connectivity index (χ2n) is 9.49. The average molecular weight is 536 g/mol. The van der Waals surface area contributed by atoms with Crippen LogP contribution in [-0.4, -0.2) is 70.6 Å². The number of aliphatic hydroxyl groups is 1. The van der Waals surface area contributed by atoms with Crippen molar-refractivity contribution < 1.29 is 42.7 Å². The number of amides is 2. The van der Waals surface area contributed by atoms with Crippen molar-refractivity contribution in [1.29, 1.82) is 0 Å². The number of rotatable bonds is 4. The Morgan fingerprint density at radius 3 is 2.08 bits per heavy atom. The van der Waals surface area contributed by atoms with E-state index in [1.54, 1.807) is 35.2 Å². The molecule has 4 rings (SSSR count). The molecule has 1 aliphatic heterocycles.